The number of aliphatic hydroxyl groups is 1. The van der Waals surface area contributed by atoms with Crippen LogP contribution in [0, 0.1) is 0 Å². The second kappa shape index (κ2) is 7.40. The first-order valence-corrected chi connectivity index (χ1v) is 7.22. The standard InChI is InChI=1S/C14H24N4O2/c1-15-12-8-13(18-14(17-12)9-20-2)16-10-6-4-3-5-7-11(10)19/h8,10-11,19H,3-7,9H2,1-2H3,(H2,15,16,17,18). The van der Waals surface area contributed by atoms with Crippen LogP contribution in [0.4, 0.5) is 11.6 Å². The van der Waals surface area contributed by atoms with Crippen LogP contribution in [0.1, 0.15) is 37.9 Å². The fourth-order valence-electron chi connectivity index (χ4n) is 2.54. The van der Waals surface area contributed by atoms with Crippen LogP contribution in [0.25, 0.3) is 0 Å². The molecule has 1 fully saturated rings. The van der Waals surface area contributed by atoms with Crippen molar-refractivity contribution in [3.05, 3.63) is 11.9 Å². The molecule has 6 heteroatoms. The third-order valence-electron chi connectivity index (χ3n) is 3.61. The van der Waals surface area contributed by atoms with E-state index in [9.17, 15) is 5.11 Å². The van der Waals surface area contributed by atoms with E-state index in [0.29, 0.717) is 12.4 Å². The summed E-state index contributed by atoms with van der Waals surface area (Å²) in [5.41, 5.74) is 0. The van der Waals surface area contributed by atoms with E-state index in [-0.39, 0.29) is 12.1 Å². The van der Waals surface area contributed by atoms with Gasteiger partial charge in [0.05, 0.1) is 12.1 Å². The van der Waals surface area contributed by atoms with Crippen LogP contribution in [0.2, 0.25) is 0 Å². The molecular formula is C14H24N4O2. The quantitative estimate of drug-likeness (QED) is 0.713. The molecule has 0 aromatic carbocycles. The summed E-state index contributed by atoms with van der Waals surface area (Å²) in [6.45, 7) is 0.372. The van der Waals surface area contributed by atoms with Crippen LogP contribution in [0.15, 0.2) is 6.07 Å². The van der Waals surface area contributed by atoms with Crippen molar-refractivity contribution in [2.45, 2.75) is 50.9 Å². The van der Waals surface area contributed by atoms with Crippen LogP contribution >= 0.6 is 0 Å². The normalized spacial score (nSPS) is 23.1. The van der Waals surface area contributed by atoms with Crippen molar-refractivity contribution in [3.63, 3.8) is 0 Å². The van der Waals surface area contributed by atoms with E-state index in [1.807, 2.05) is 13.1 Å². The number of hydrogen-bond acceptors (Lipinski definition) is 6. The Kier molecular flexibility index (Phi) is 5.55. The number of aromatic nitrogens is 2. The second-order valence-electron chi connectivity index (χ2n) is 5.19. The minimum absolute atomic E-state index is 0.0625. The lowest BCUT2D eigenvalue weighted by Crippen LogP contribution is -2.33. The average Bonchev–Trinajstić information content (AvgIpc) is 2.64. The Hall–Kier alpha value is -1.40. The van der Waals surface area contributed by atoms with E-state index in [1.165, 1.54) is 6.42 Å². The lowest BCUT2D eigenvalue weighted by atomic mass is 10.1. The Morgan fingerprint density at radius 3 is 2.75 bits per heavy atom. The molecule has 1 heterocycles. The van der Waals surface area contributed by atoms with E-state index in [1.54, 1.807) is 7.11 Å². The highest BCUT2D eigenvalue weighted by atomic mass is 16.5. The number of ether oxygens (including phenoxy) is 1. The number of anilines is 2. The molecule has 3 N–H and O–H groups in total. The predicted molar refractivity (Wildman–Crippen MR) is 78.8 cm³/mol. The molecule has 0 saturated heterocycles. The van der Waals surface area contributed by atoms with Crippen LogP contribution < -0.4 is 10.6 Å². The molecule has 0 spiro atoms. The van der Waals surface area contributed by atoms with E-state index < -0.39 is 0 Å². The Bertz CT molecular complexity index is 428. The molecule has 1 aliphatic rings. The molecule has 2 atom stereocenters. The van der Waals surface area contributed by atoms with Gasteiger partial charge < -0.3 is 20.5 Å². The molecule has 1 aromatic heterocycles. The van der Waals surface area contributed by atoms with Gasteiger partial charge >= 0.3 is 0 Å². The molecule has 1 saturated carbocycles. The topological polar surface area (TPSA) is 79.3 Å². The van der Waals surface area contributed by atoms with E-state index in [4.69, 9.17) is 4.74 Å². The van der Waals surface area contributed by atoms with Gasteiger partial charge in [0, 0.05) is 20.2 Å². The van der Waals surface area contributed by atoms with Gasteiger partial charge in [-0.3, -0.25) is 0 Å². The Labute approximate surface area is 120 Å². The van der Waals surface area contributed by atoms with Crippen LogP contribution in [-0.2, 0) is 11.3 Å². The minimum atomic E-state index is -0.309. The Morgan fingerprint density at radius 2 is 2.00 bits per heavy atom. The van der Waals surface area contributed by atoms with Crippen molar-refractivity contribution in [1.82, 2.24) is 9.97 Å². The molecule has 20 heavy (non-hydrogen) atoms. The maximum atomic E-state index is 10.2. The number of rotatable bonds is 5. The molecule has 1 aromatic rings. The van der Waals surface area contributed by atoms with Crippen LogP contribution in [0.3, 0.4) is 0 Å². The fourth-order valence-corrected chi connectivity index (χ4v) is 2.54. The summed E-state index contributed by atoms with van der Waals surface area (Å²) in [6, 6.07) is 1.92. The van der Waals surface area contributed by atoms with E-state index in [0.717, 1.165) is 37.3 Å². The highest BCUT2D eigenvalue weighted by Gasteiger charge is 2.22. The SMILES string of the molecule is CNc1cc(NC2CCCCCC2O)nc(COC)n1. The molecule has 0 radical (unpaired) electrons. The summed E-state index contributed by atoms with van der Waals surface area (Å²) >= 11 is 0. The zero-order valence-corrected chi connectivity index (χ0v) is 12.2. The predicted octanol–water partition coefficient (Wildman–Crippen LogP) is 1.77. The van der Waals surface area contributed by atoms with Gasteiger partial charge in [-0.25, -0.2) is 9.97 Å². The van der Waals surface area contributed by atoms with Crippen molar-refractivity contribution >= 4 is 11.6 Å². The van der Waals surface area contributed by atoms with E-state index in [2.05, 4.69) is 20.6 Å². The number of nitrogens with zero attached hydrogens (tertiary/aromatic N) is 2. The number of nitrogens with one attached hydrogen (secondary N) is 2. The maximum Gasteiger partial charge on any atom is 0.158 e. The molecule has 112 valence electrons. The first-order valence-electron chi connectivity index (χ1n) is 7.22. The van der Waals surface area contributed by atoms with Gasteiger partial charge in [-0.15, -0.1) is 0 Å². The zero-order chi connectivity index (χ0) is 14.4. The van der Waals surface area contributed by atoms with Crippen molar-refractivity contribution in [1.29, 1.82) is 0 Å². The second-order valence-corrected chi connectivity index (χ2v) is 5.19. The Morgan fingerprint density at radius 1 is 1.25 bits per heavy atom. The number of methoxy groups -OCH3 is 1. The summed E-state index contributed by atoms with van der Waals surface area (Å²) in [5, 5.41) is 16.5. The van der Waals surface area contributed by atoms with Gasteiger partial charge in [0.1, 0.15) is 18.2 Å². The molecule has 6 nitrogen and oxygen atoms in total. The summed E-state index contributed by atoms with van der Waals surface area (Å²) in [6.07, 6.45) is 4.95. The third kappa shape index (κ3) is 4.05. The van der Waals surface area contributed by atoms with Gasteiger partial charge in [0.15, 0.2) is 5.82 Å². The zero-order valence-electron chi connectivity index (χ0n) is 12.2. The average molecular weight is 280 g/mol. The summed E-state index contributed by atoms with van der Waals surface area (Å²) in [7, 11) is 3.45. The highest BCUT2D eigenvalue weighted by molar-refractivity contribution is 5.47. The van der Waals surface area contributed by atoms with Crippen LogP contribution in [-0.4, -0.2) is 41.4 Å². The summed E-state index contributed by atoms with van der Waals surface area (Å²) < 4.78 is 5.08. The van der Waals surface area contributed by atoms with Crippen LogP contribution in [0.5, 0.6) is 0 Å². The monoisotopic (exact) mass is 280 g/mol. The molecule has 0 bridgehead atoms. The number of hydrogen-bond donors (Lipinski definition) is 3. The van der Waals surface area contributed by atoms with Crippen molar-refractivity contribution in [2.24, 2.45) is 0 Å². The first-order chi connectivity index (χ1) is 9.72. The van der Waals surface area contributed by atoms with Gasteiger partial charge in [-0.2, -0.15) is 0 Å². The molecule has 1 aliphatic carbocycles. The smallest absolute Gasteiger partial charge is 0.158 e. The lowest BCUT2D eigenvalue weighted by molar-refractivity contribution is 0.144. The molecule has 0 aliphatic heterocycles. The van der Waals surface area contributed by atoms with Crippen molar-refractivity contribution < 1.29 is 9.84 Å². The van der Waals surface area contributed by atoms with Crippen molar-refractivity contribution in [3.8, 4) is 0 Å². The first kappa shape index (κ1) is 15.0. The highest BCUT2D eigenvalue weighted by Crippen LogP contribution is 2.22. The molecular weight excluding hydrogens is 256 g/mol. The maximum absolute atomic E-state index is 10.2. The fraction of sp³-hybridized carbons (Fsp3) is 0.714. The summed E-state index contributed by atoms with van der Waals surface area (Å²) in [5.74, 6) is 2.12. The third-order valence-corrected chi connectivity index (χ3v) is 3.61. The lowest BCUT2D eigenvalue weighted by Gasteiger charge is -2.22. The minimum Gasteiger partial charge on any atom is -0.391 e. The molecule has 2 unspecified atom stereocenters. The Balaban J connectivity index is 2.12. The van der Waals surface area contributed by atoms with Gasteiger partial charge in [0.25, 0.3) is 0 Å². The summed E-state index contributed by atoms with van der Waals surface area (Å²) in [4.78, 5) is 8.75. The molecule has 0 amide bonds. The van der Waals surface area contributed by atoms with E-state index >= 15 is 0 Å². The van der Waals surface area contributed by atoms with Gasteiger partial charge in [-0.1, -0.05) is 19.3 Å². The largest absolute Gasteiger partial charge is 0.391 e. The van der Waals surface area contributed by atoms with Crippen molar-refractivity contribution in [2.75, 3.05) is 24.8 Å². The van der Waals surface area contributed by atoms with Gasteiger partial charge in [-0.05, 0) is 12.8 Å². The molecule has 2 rings (SSSR count). The number of aliphatic hydroxyl groups excluding tert-OH is 1. The van der Waals surface area contributed by atoms with Gasteiger partial charge in [0.2, 0.25) is 0 Å².